The van der Waals surface area contributed by atoms with Gasteiger partial charge in [0.15, 0.2) is 9.90 Å². The molecule has 2 aromatic heterocycles. The van der Waals surface area contributed by atoms with Crippen molar-refractivity contribution >= 4 is 45.5 Å². The van der Waals surface area contributed by atoms with E-state index in [1.165, 1.54) is 17.7 Å². The van der Waals surface area contributed by atoms with Gasteiger partial charge in [0, 0.05) is 10.4 Å². The third kappa shape index (κ3) is 3.27. The van der Waals surface area contributed by atoms with Crippen molar-refractivity contribution in [2.45, 2.75) is 32.1 Å². The number of aromatic nitrogens is 3. The van der Waals surface area contributed by atoms with Crippen LogP contribution in [0.5, 0.6) is 0 Å². The summed E-state index contributed by atoms with van der Waals surface area (Å²) in [5.74, 6) is -0.245. The zero-order valence-electron chi connectivity index (χ0n) is 13.3. The summed E-state index contributed by atoms with van der Waals surface area (Å²) in [4.78, 5) is 35.7. The number of anilines is 1. The minimum atomic E-state index is -0.269. The van der Waals surface area contributed by atoms with Gasteiger partial charge >= 0.3 is 0 Å². The number of carbonyl (C=O) groups is 1. The molecule has 3 N–H and O–H groups in total. The summed E-state index contributed by atoms with van der Waals surface area (Å²) in [5, 5.41) is 3.97. The van der Waals surface area contributed by atoms with E-state index in [2.05, 4.69) is 20.3 Å². The van der Waals surface area contributed by atoms with Gasteiger partial charge in [0.1, 0.15) is 0 Å². The molecule has 1 aliphatic rings. The maximum absolute atomic E-state index is 12.5. The van der Waals surface area contributed by atoms with Crippen molar-refractivity contribution in [3.05, 3.63) is 49.5 Å². The minimum absolute atomic E-state index is 0.235. The van der Waals surface area contributed by atoms with Gasteiger partial charge in [0.05, 0.1) is 16.6 Å². The van der Waals surface area contributed by atoms with E-state index < -0.39 is 0 Å². The van der Waals surface area contributed by atoms with Crippen LogP contribution in [-0.4, -0.2) is 20.9 Å². The second kappa shape index (κ2) is 6.53. The molecule has 0 saturated heterocycles. The van der Waals surface area contributed by atoms with Crippen LogP contribution in [0, 0.1) is 4.77 Å². The van der Waals surface area contributed by atoms with E-state index in [-0.39, 0.29) is 16.2 Å². The van der Waals surface area contributed by atoms with Crippen molar-refractivity contribution in [1.82, 2.24) is 15.0 Å². The lowest BCUT2D eigenvalue weighted by Crippen LogP contribution is -2.13. The van der Waals surface area contributed by atoms with Gasteiger partial charge in [-0.1, -0.05) is 6.42 Å². The maximum Gasteiger partial charge on any atom is 0.259 e. The molecule has 0 radical (unpaired) electrons. The van der Waals surface area contributed by atoms with E-state index in [0.29, 0.717) is 21.6 Å². The second-order valence-corrected chi connectivity index (χ2v) is 7.56. The minimum Gasteiger partial charge on any atom is -0.332 e. The first-order valence-electron chi connectivity index (χ1n) is 8.16. The van der Waals surface area contributed by atoms with Gasteiger partial charge in [-0.3, -0.25) is 19.9 Å². The Morgan fingerprint density at radius 1 is 1.20 bits per heavy atom. The molecule has 1 amide bonds. The molecule has 0 spiro atoms. The lowest BCUT2D eigenvalue weighted by molar-refractivity contribution is 0.102. The molecular weight excluding hydrogens is 356 g/mol. The lowest BCUT2D eigenvalue weighted by atomic mass is 10.1. The molecule has 0 aliphatic heterocycles. The number of aryl methyl sites for hydroxylation is 2. The van der Waals surface area contributed by atoms with Crippen LogP contribution in [0.3, 0.4) is 0 Å². The molecule has 0 fully saturated rings. The Hall–Kier alpha value is -2.32. The molecule has 0 saturated carbocycles. The van der Waals surface area contributed by atoms with Crippen molar-refractivity contribution in [3.63, 3.8) is 0 Å². The average molecular weight is 372 g/mol. The molecule has 25 heavy (non-hydrogen) atoms. The van der Waals surface area contributed by atoms with Gasteiger partial charge < -0.3 is 4.98 Å². The summed E-state index contributed by atoms with van der Waals surface area (Å²) in [7, 11) is 0. The van der Waals surface area contributed by atoms with E-state index in [4.69, 9.17) is 12.2 Å². The van der Waals surface area contributed by atoms with Crippen LogP contribution in [-0.2, 0) is 12.8 Å². The number of hydrogen-bond donors (Lipinski definition) is 3. The predicted octanol–water partition coefficient (Wildman–Crippen LogP) is 3.56. The summed E-state index contributed by atoms with van der Waals surface area (Å²) in [5.41, 5.74) is 1.84. The normalized spacial score (nSPS) is 14.1. The zero-order chi connectivity index (χ0) is 17.4. The number of benzene rings is 1. The summed E-state index contributed by atoms with van der Waals surface area (Å²) in [6.07, 6.45) is 5.60. The van der Waals surface area contributed by atoms with Crippen LogP contribution in [0.2, 0.25) is 0 Å². The second-order valence-electron chi connectivity index (χ2n) is 6.07. The van der Waals surface area contributed by atoms with E-state index in [1.807, 2.05) is 0 Å². The summed E-state index contributed by atoms with van der Waals surface area (Å²) >= 11 is 6.54. The SMILES string of the molecule is O=C(Nc1nc2c(s1)CCCCC2)c1ccc2c(=O)[nH]c(=S)[nH]c2c1. The maximum atomic E-state index is 12.5. The van der Waals surface area contributed by atoms with Crippen LogP contribution < -0.4 is 10.9 Å². The number of rotatable bonds is 2. The number of nitrogens with one attached hydrogen (secondary N) is 3. The fourth-order valence-corrected chi connectivity index (χ4v) is 4.31. The Labute approximate surface area is 152 Å². The number of H-pyrrole nitrogens is 2. The van der Waals surface area contributed by atoms with Crippen LogP contribution in [0.15, 0.2) is 23.0 Å². The number of thiazole rings is 1. The van der Waals surface area contributed by atoms with Crippen LogP contribution in [0.25, 0.3) is 10.9 Å². The Morgan fingerprint density at radius 3 is 2.92 bits per heavy atom. The highest BCUT2D eigenvalue weighted by Crippen LogP contribution is 2.29. The van der Waals surface area contributed by atoms with Gasteiger partial charge in [-0.25, -0.2) is 4.98 Å². The number of carbonyl (C=O) groups excluding carboxylic acids is 1. The first kappa shape index (κ1) is 16.2. The molecule has 3 aromatic rings. The molecule has 0 bridgehead atoms. The molecule has 8 heteroatoms. The Kier molecular flexibility index (Phi) is 4.22. The van der Waals surface area contributed by atoms with Gasteiger partial charge in [0.2, 0.25) is 0 Å². The fraction of sp³-hybridized carbons (Fsp3) is 0.294. The van der Waals surface area contributed by atoms with E-state index >= 15 is 0 Å². The van der Waals surface area contributed by atoms with Crippen LogP contribution >= 0.6 is 23.6 Å². The van der Waals surface area contributed by atoms with Crippen LogP contribution in [0.1, 0.15) is 40.2 Å². The first-order chi connectivity index (χ1) is 12.1. The molecule has 2 heterocycles. The number of nitrogens with zero attached hydrogens (tertiary/aromatic N) is 1. The molecule has 128 valence electrons. The van der Waals surface area contributed by atoms with E-state index in [0.717, 1.165) is 25.0 Å². The van der Waals surface area contributed by atoms with Crippen molar-refractivity contribution in [1.29, 1.82) is 0 Å². The Balaban J connectivity index is 1.62. The largest absolute Gasteiger partial charge is 0.332 e. The number of hydrogen-bond acceptors (Lipinski definition) is 5. The Bertz CT molecular complexity index is 1060. The van der Waals surface area contributed by atoms with Crippen molar-refractivity contribution in [3.8, 4) is 0 Å². The molecule has 4 rings (SSSR count). The number of aromatic amines is 2. The third-order valence-electron chi connectivity index (χ3n) is 4.32. The molecule has 1 aliphatic carbocycles. The van der Waals surface area contributed by atoms with Gasteiger partial charge in [-0.15, -0.1) is 11.3 Å². The van der Waals surface area contributed by atoms with Crippen LogP contribution in [0.4, 0.5) is 5.13 Å². The molecule has 6 nitrogen and oxygen atoms in total. The quantitative estimate of drug-likeness (QED) is 0.474. The van der Waals surface area contributed by atoms with E-state index in [9.17, 15) is 9.59 Å². The molecule has 0 unspecified atom stereocenters. The van der Waals surface area contributed by atoms with Gasteiger partial charge in [-0.2, -0.15) is 0 Å². The Morgan fingerprint density at radius 2 is 2.04 bits per heavy atom. The van der Waals surface area contributed by atoms with Crippen molar-refractivity contribution < 1.29 is 4.79 Å². The smallest absolute Gasteiger partial charge is 0.259 e. The molecule has 0 atom stereocenters. The summed E-state index contributed by atoms with van der Waals surface area (Å²) < 4.78 is 0.235. The van der Waals surface area contributed by atoms with Gasteiger partial charge in [-0.05, 0) is 56.1 Å². The highest BCUT2D eigenvalue weighted by atomic mass is 32.1. The summed E-state index contributed by atoms with van der Waals surface area (Å²) in [6, 6.07) is 4.88. The third-order valence-corrected chi connectivity index (χ3v) is 5.59. The highest BCUT2D eigenvalue weighted by molar-refractivity contribution is 7.71. The molecular formula is C17H16N4O2S2. The molecule has 1 aromatic carbocycles. The predicted molar refractivity (Wildman–Crippen MR) is 101 cm³/mol. The fourth-order valence-electron chi connectivity index (χ4n) is 3.06. The lowest BCUT2D eigenvalue weighted by Gasteiger charge is -2.04. The first-order valence-corrected chi connectivity index (χ1v) is 9.39. The highest BCUT2D eigenvalue weighted by Gasteiger charge is 2.16. The number of fused-ring (bicyclic) bond motifs is 2. The number of amides is 1. The van der Waals surface area contributed by atoms with Gasteiger partial charge in [0.25, 0.3) is 11.5 Å². The standard InChI is InChI=1S/C17H16N4O2S2/c22-14(21-17-19-11-4-2-1-3-5-13(11)25-17)9-6-7-10-12(8-9)18-16(24)20-15(10)23/h6-8H,1-5H2,(H,19,21,22)(H2,18,20,23,24). The monoisotopic (exact) mass is 372 g/mol. The zero-order valence-corrected chi connectivity index (χ0v) is 15.0. The average Bonchev–Trinajstić information content (AvgIpc) is 2.82. The topological polar surface area (TPSA) is 90.6 Å². The summed E-state index contributed by atoms with van der Waals surface area (Å²) in [6.45, 7) is 0. The van der Waals surface area contributed by atoms with Crippen molar-refractivity contribution in [2.24, 2.45) is 0 Å². The van der Waals surface area contributed by atoms with Crippen molar-refractivity contribution in [2.75, 3.05) is 5.32 Å². The van der Waals surface area contributed by atoms with E-state index in [1.54, 1.807) is 29.5 Å².